The fourth-order valence-electron chi connectivity index (χ4n) is 5.11. The van der Waals surface area contributed by atoms with Gasteiger partial charge in [-0.25, -0.2) is 13.8 Å². The third kappa shape index (κ3) is 5.29. The predicted molar refractivity (Wildman–Crippen MR) is 165 cm³/mol. The molecule has 6 aromatic rings. The number of carbonyl (C=O) groups is 1. The van der Waals surface area contributed by atoms with Gasteiger partial charge in [0, 0.05) is 46.5 Å². The minimum atomic E-state index is -0.776. The molecule has 3 aromatic heterocycles. The number of rotatable bonds is 8. The summed E-state index contributed by atoms with van der Waals surface area (Å²) in [6.45, 7) is 1.93. The number of hydrogen-bond donors (Lipinski definition) is 2. The van der Waals surface area contributed by atoms with Crippen LogP contribution in [0.5, 0.6) is 11.5 Å². The van der Waals surface area contributed by atoms with Crippen LogP contribution in [0.25, 0.3) is 39.0 Å². The number of pyridine rings is 2. The van der Waals surface area contributed by atoms with Crippen molar-refractivity contribution in [2.75, 3.05) is 19.0 Å². The lowest BCUT2D eigenvalue weighted by molar-refractivity contribution is 0.102. The van der Waals surface area contributed by atoms with E-state index in [1.54, 1.807) is 50.7 Å². The van der Waals surface area contributed by atoms with Gasteiger partial charge in [-0.15, -0.1) is 0 Å². The van der Waals surface area contributed by atoms with Gasteiger partial charge < -0.3 is 19.8 Å². The average Bonchev–Trinajstić information content (AvgIpc) is 3.51. The molecular formula is C34H26F2N4O4. The maximum atomic E-state index is 15.6. The van der Waals surface area contributed by atoms with Gasteiger partial charge in [0.2, 0.25) is 0 Å². The molecule has 8 nitrogen and oxygen atoms in total. The zero-order valence-electron chi connectivity index (χ0n) is 23.7. The summed E-state index contributed by atoms with van der Waals surface area (Å²) >= 11 is 0. The fourth-order valence-corrected chi connectivity index (χ4v) is 5.11. The third-order valence-electron chi connectivity index (χ3n) is 7.17. The van der Waals surface area contributed by atoms with Crippen LogP contribution in [0.3, 0.4) is 0 Å². The van der Waals surface area contributed by atoms with Crippen LogP contribution in [0, 0.1) is 11.6 Å². The highest BCUT2D eigenvalue weighted by molar-refractivity contribution is 6.06. The van der Waals surface area contributed by atoms with Crippen molar-refractivity contribution in [1.29, 1.82) is 0 Å². The lowest BCUT2D eigenvalue weighted by atomic mass is 9.96. The van der Waals surface area contributed by atoms with Gasteiger partial charge in [0.25, 0.3) is 11.5 Å². The molecular weight excluding hydrogens is 566 g/mol. The summed E-state index contributed by atoms with van der Waals surface area (Å²) in [5.41, 5.74) is 2.83. The minimum absolute atomic E-state index is 0.0730. The van der Waals surface area contributed by atoms with Gasteiger partial charge in [-0.05, 0) is 90.8 Å². The highest BCUT2D eigenvalue weighted by Crippen LogP contribution is 2.38. The van der Waals surface area contributed by atoms with Crippen molar-refractivity contribution in [2.24, 2.45) is 0 Å². The monoisotopic (exact) mass is 592 g/mol. The first kappa shape index (κ1) is 28.4. The quantitative estimate of drug-likeness (QED) is 0.199. The maximum Gasteiger partial charge on any atom is 0.271 e. The van der Waals surface area contributed by atoms with Gasteiger partial charge in [-0.1, -0.05) is 6.07 Å². The number of methoxy groups -OCH3 is 1. The highest BCUT2D eigenvalue weighted by Gasteiger charge is 2.21. The van der Waals surface area contributed by atoms with E-state index in [0.717, 1.165) is 22.2 Å². The Morgan fingerprint density at radius 2 is 1.75 bits per heavy atom. The first-order chi connectivity index (χ1) is 21.4. The third-order valence-corrected chi connectivity index (χ3v) is 7.17. The summed E-state index contributed by atoms with van der Waals surface area (Å²) in [7, 11) is 1.57. The Kier molecular flexibility index (Phi) is 7.63. The van der Waals surface area contributed by atoms with Crippen molar-refractivity contribution in [3.05, 3.63) is 125 Å². The van der Waals surface area contributed by atoms with Crippen molar-refractivity contribution in [1.82, 2.24) is 14.5 Å². The number of benzene rings is 3. The zero-order valence-corrected chi connectivity index (χ0v) is 23.7. The van der Waals surface area contributed by atoms with Crippen LogP contribution >= 0.6 is 0 Å². The fraction of sp³-hybridized carbons (Fsp3) is 0.0882. The molecule has 2 N–H and O–H groups in total. The predicted octanol–water partition coefficient (Wildman–Crippen LogP) is 6.99. The van der Waals surface area contributed by atoms with Crippen LogP contribution in [-0.2, 0) is 0 Å². The van der Waals surface area contributed by atoms with Gasteiger partial charge >= 0.3 is 0 Å². The van der Waals surface area contributed by atoms with E-state index in [0.29, 0.717) is 22.6 Å². The minimum Gasteiger partial charge on any atom is -0.496 e. The Labute approximate surface area is 250 Å². The van der Waals surface area contributed by atoms with Crippen LogP contribution in [0.4, 0.5) is 14.5 Å². The summed E-state index contributed by atoms with van der Waals surface area (Å²) in [4.78, 5) is 34.2. The van der Waals surface area contributed by atoms with E-state index >= 15 is 4.39 Å². The van der Waals surface area contributed by atoms with Gasteiger partial charge in [-0.3, -0.25) is 14.2 Å². The largest absolute Gasteiger partial charge is 0.496 e. The lowest BCUT2D eigenvalue weighted by Gasteiger charge is -2.15. The molecule has 0 atom stereocenters. The number of ether oxygens (including phenoxy) is 2. The van der Waals surface area contributed by atoms with Crippen molar-refractivity contribution < 1.29 is 23.0 Å². The molecule has 0 spiro atoms. The molecule has 1 amide bonds. The van der Waals surface area contributed by atoms with Gasteiger partial charge in [-0.2, -0.15) is 0 Å². The molecule has 0 aliphatic carbocycles. The SMILES string of the molecule is CCOc1ccn(-c2ccc(F)cc2)c(=O)c1C(=O)Nc1ccc(-c2ccc(OC)c(-c3ccnc4[nH]ccc34)c2)c(F)c1. The second-order valence-corrected chi connectivity index (χ2v) is 9.80. The maximum absolute atomic E-state index is 15.6. The molecule has 0 bridgehead atoms. The molecule has 0 unspecified atom stereocenters. The van der Waals surface area contributed by atoms with Gasteiger partial charge in [0.15, 0.2) is 0 Å². The topological polar surface area (TPSA) is 98.2 Å². The smallest absolute Gasteiger partial charge is 0.271 e. The van der Waals surface area contributed by atoms with E-state index < -0.39 is 23.1 Å². The molecule has 0 aliphatic heterocycles. The molecule has 0 radical (unpaired) electrons. The summed E-state index contributed by atoms with van der Waals surface area (Å²) < 4.78 is 41.4. The second-order valence-electron chi connectivity index (χ2n) is 9.80. The Balaban J connectivity index is 1.33. The van der Waals surface area contributed by atoms with Crippen LogP contribution in [0.2, 0.25) is 0 Å². The Morgan fingerprint density at radius 3 is 2.50 bits per heavy atom. The lowest BCUT2D eigenvalue weighted by Crippen LogP contribution is -2.29. The van der Waals surface area contributed by atoms with Gasteiger partial charge in [0.1, 0.15) is 34.3 Å². The number of H-pyrrole nitrogens is 1. The van der Waals surface area contributed by atoms with Gasteiger partial charge in [0.05, 0.1) is 13.7 Å². The van der Waals surface area contributed by atoms with E-state index in [4.69, 9.17) is 9.47 Å². The number of nitrogens with one attached hydrogen (secondary N) is 2. The molecule has 3 heterocycles. The number of anilines is 1. The number of fused-ring (bicyclic) bond motifs is 1. The van der Waals surface area contributed by atoms with E-state index in [9.17, 15) is 14.0 Å². The molecule has 3 aromatic carbocycles. The van der Waals surface area contributed by atoms with Crippen LogP contribution in [-0.4, -0.2) is 34.2 Å². The Morgan fingerprint density at radius 1 is 0.932 bits per heavy atom. The summed E-state index contributed by atoms with van der Waals surface area (Å²) in [6.07, 6.45) is 4.94. The molecule has 0 saturated heterocycles. The normalized spacial score (nSPS) is 11.0. The van der Waals surface area contributed by atoms with Crippen LogP contribution < -0.4 is 20.3 Å². The zero-order chi connectivity index (χ0) is 30.8. The molecule has 220 valence electrons. The number of halogens is 2. The van der Waals surface area contributed by atoms with Crippen molar-refractivity contribution >= 4 is 22.6 Å². The number of amides is 1. The molecule has 44 heavy (non-hydrogen) atoms. The van der Waals surface area contributed by atoms with Crippen LogP contribution in [0.15, 0.2) is 102 Å². The average molecular weight is 593 g/mol. The summed E-state index contributed by atoms with van der Waals surface area (Å²) in [5, 5.41) is 3.51. The number of carbonyl (C=O) groups excluding carboxylic acids is 1. The molecule has 0 saturated carbocycles. The molecule has 10 heteroatoms. The Hall–Kier alpha value is -5.77. The van der Waals surface area contributed by atoms with Crippen molar-refractivity contribution in [3.8, 4) is 39.4 Å². The number of hydrogen-bond acceptors (Lipinski definition) is 5. The first-order valence-electron chi connectivity index (χ1n) is 13.7. The standard InChI is InChI=1S/C34H26F2N4O4/c1-3-44-30-14-17-40(23-8-5-21(35)6-9-23)34(42)31(30)33(41)39-22-7-10-24(28(36)19-22)20-4-11-29(43-2)27(18-20)25-12-15-37-32-26(25)13-16-38-32/h4-19H,3H2,1-2H3,(H,37,38)(H,39,41). The second kappa shape index (κ2) is 11.8. The molecule has 6 rings (SSSR count). The van der Waals surface area contributed by atoms with E-state index in [1.165, 1.54) is 47.2 Å². The van der Waals surface area contributed by atoms with E-state index in [-0.39, 0.29) is 23.6 Å². The number of aromatic amines is 1. The number of aromatic nitrogens is 3. The van der Waals surface area contributed by atoms with Crippen LogP contribution in [0.1, 0.15) is 17.3 Å². The molecule has 0 aliphatic rings. The van der Waals surface area contributed by atoms with E-state index in [2.05, 4.69) is 15.3 Å². The summed E-state index contributed by atoms with van der Waals surface area (Å²) in [5.74, 6) is -1.13. The number of nitrogens with zero attached hydrogens (tertiary/aromatic N) is 2. The highest BCUT2D eigenvalue weighted by atomic mass is 19.1. The Bertz CT molecular complexity index is 2070. The first-order valence-corrected chi connectivity index (χ1v) is 13.7. The molecule has 0 fully saturated rings. The van der Waals surface area contributed by atoms with E-state index in [1.807, 2.05) is 18.2 Å². The summed E-state index contributed by atoms with van der Waals surface area (Å²) in [6, 6.07) is 20.2. The van der Waals surface area contributed by atoms with Crippen molar-refractivity contribution in [2.45, 2.75) is 6.92 Å². The van der Waals surface area contributed by atoms with Crippen molar-refractivity contribution in [3.63, 3.8) is 0 Å².